The van der Waals surface area contributed by atoms with Crippen molar-refractivity contribution >= 4 is 35.0 Å². The molecule has 2 saturated heterocycles. The minimum atomic E-state index is -1.12. The zero-order valence-corrected chi connectivity index (χ0v) is 41.6. The quantitative estimate of drug-likeness (QED) is 0.124. The third kappa shape index (κ3) is 11.8. The lowest BCUT2D eigenvalue weighted by molar-refractivity contribution is -0.129. The molecule has 68 heavy (non-hydrogen) atoms. The Labute approximate surface area is 402 Å². The molecule has 2 N–H and O–H groups in total. The first-order chi connectivity index (χ1) is 31.9. The van der Waals surface area contributed by atoms with Crippen molar-refractivity contribution in [3.8, 4) is 12.4 Å². The van der Waals surface area contributed by atoms with Gasteiger partial charge in [-0.25, -0.2) is 0 Å². The van der Waals surface area contributed by atoms with Gasteiger partial charge in [0.2, 0.25) is 11.8 Å². The topological polar surface area (TPSA) is 179 Å². The number of carbonyl (C=O) groups excluding carboxylic acids is 4. The molecule has 2 aromatic heterocycles. The van der Waals surface area contributed by atoms with Gasteiger partial charge in [0.1, 0.15) is 24.2 Å². The molecule has 0 bridgehead atoms. The summed E-state index contributed by atoms with van der Waals surface area (Å²) in [5, 5.41) is 26.2. The first kappa shape index (κ1) is 50.6. The molecule has 6 rings (SSSR count). The highest BCUT2D eigenvalue weighted by Crippen LogP contribution is 2.37. The first-order valence-electron chi connectivity index (χ1n) is 23.6. The van der Waals surface area contributed by atoms with Crippen LogP contribution in [0.5, 0.6) is 0 Å². The fourth-order valence-corrected chi connectivity index (χ4v) is 9.23. The maximum atomic E-state index is 14.9. The summed E-state index contributed by atoms with van der Waals surface area (Å²) >= 11 is 0. The molecule has 14 heteroatoms. The number of hydrogen-bond donors (Lipinski definition) is 2. The van der Waals surface area contributed by atoms with E-state index in [4.69, 9.17) is 0 Å². The average molecular weight is 921 g/mol. The van der Waals surface area contributed by atoms with Gasteiger partial charge in [0.05, 0.1) is 0 Å². The number of anilines is 2. The zero-order valence-electron chi connectivity index (χ0n) is 41.6. The summed E-state index contributed by atoms with van der Waals surface area (Å²) in [6.07, 6.45) is 13.8. The van der Waals surface area contributed by atoms with Crippen LogP contribution in [0.3, 0.4) is 0 Å². The number of benzene rings is 2. The molecule has 2 aliphatic rings. The number of likely N-dealkylation sites (tertiary alicyclic amines) is 2. The number of nitriles is 2. The Morgan fingerprint density at radius 1 is 0.647 bits per heavy atom. The monoisotopic (exact) mass is 921 g/mol. The molecule has 0 saturated carbocycles. The minimum absolute atomic E-state index is 0.151. The van der Waals surface area contributed by atoms with E-state index >= 15 is 0 Å². The predicted molar refractivity (Wildman–Crippen MR) is 264 cm³/mol. The average Bonchev–Trinajstić information content (AvgIpc) is 3.96. The highest BCUT2D eigenvalue weighted by atomic mass is 16.2. The summed E-state index contributed by atoms with van der Waals surface area (Å²) in [6.45, 7) is 22.8. The van der Waals surface area contributed by atoms with E-state index in [1.807, 2.05) is 96.1 Å². The van der Waals surface area contributed by atoms with Crippen LogP contribution in [-0.2, 0) is 36.4 Å². The lowest BCUT2D eigenvalue weighted by Crippen LogP contribution is -2.53. The van der Waals surface area contributed by atoms with E-state index < -0.39 is 40.7 Å². The second kappa shape index (κ2) is 20.2. The Morgan fingerprint density at radius 2 is 1.10 bits per heavy atom. The molecule has 4 atom stereocenters. The van der Waals surface area contributed by atoms with Gasteiger partial charge < -0.3 is 10.6 Å². The van der Waals surface area contributed by atoms with Gasteiger partial charge >= 0.3 is 0 Å². The summed E-state index contributed by atoms with van der Waals surface area (Å²) in [4.78, 5) is 73.6. The standard InChI is InChI=1S/C54H68N10O4/c1-51(2,3)39-18-22-41(23-19-39)64(50(68)44-17-14-28-62(44)35-56)46(48(66)60-53(7,8)9)38-29-36(31-58-33-38)30-54(10,11)40-20-24-42(25-21-40)63(49(67)43-16-13-27-61(43)34-55)45(37-15-12-26-57-32-37)47(65)59-52(4,5)6/h12,15,18-26,29,31-33,43-46H,13-14,16-17,27-28,30H2,1-11H3,(H,59,65)(H,60,66)/t43-,44?,45?,46?/m1/s1. The molecule has 4 aromatic rings. The van der Waals surface area contributed by atoms with Crippen LogP contribution >= 0.6 is 0 Å². The molecule has 358 valence electrons. The second-order valence-electron chi connectivity index (χ2n) is 21.9. The maximum absolute atomic E-state index is 14.9. The van der Waals surface area contributed by atoms with Crippen molar-refractivity contribution in [1.82, 2.24) is 30.4 Å². The molecule has 3 unspecified atom stereocenters. The van der Waals surface area contributed by atoms with Crippen molar-refractivity contribution in [1.29, 1.82) is 10.5 Å². The Balaban J connectivity index is 1.39. The number of nitrogens with one attached hydrogen (secondary N) is 2. The van der Waals surface area contributed by atoms with Gasteiger partial charge in [-0.2, -0.15) is 10.5 Å². The summed E-state index contributed by atoms with van der Waals surface area (Å²) < 4.78 is 0. The van der Waals surface area contributed by atoms with Crippen LogP contribution in [0.4, 0.5) is 11.4 Å². The summed E-state index contributed by atoms with van der Waals surface area (Å²) in [6, 6.07) is 17.1. The predicted octanol–water partition coefficient (Wildman–Crippen LogP) is 8.16. The fourth-order valence-electron chi connectivity index (χ4n) is 9.23. The van der Waals surface area contributed by atoms with Crippen molar-refractivity contribution in [2.75, 3.05) is 22.9 Å². The molecule has 14 nitrogen and oxygen atoms in total. The molecule has 4 amide bonds. The fraction of sp³-hybridized carbons (Fsp3) is 0.481. The van der Waals surface area contributed by atoms with E-state index in [1.165, 1.54) is 14.7 Å². The largest absolute Gasteiger partial charge is 0.349 e. The van der Waals surface area contributed by atoms with Crippen LogP contribution in [0, 0.1) is 22.9 Å². The molecule has 0 radical (unpaired) electrons. The van der Waals surface area contributed by atoms with Crippen molar-refractivity contribution in [2.45, 2.75) is 154 Å². The van der Waals surface area contributed by atoms with Crippen LogP contribution in [0.15, 0.2) is 91.5 Å². The van der Waals surface area contributed by atoms with Gasteiger partial charge in [-0.3, -0.25) is 48.7 Å². The first-order valence-corrected chi connectivity index (χ1v) is 23.6. The SMILES string of the molecule is CC(C)(C)NC(=O)C(c1cncc(CC(C)(C)c2ccc(N(C(=O)[C@H]3CCCN3C#N)C(C(=O)NC(C)(C)C)c3cccnc3)cc2)c1)N(C(=O)C1CCCN1C#N)c1ccc(C(C)(C)C)cc1. The zero-order chi connectivity index (χ0) is 49.8. The Kier molecular flexibility index (Phi) is 15.0. The number of rotatable bonds is 13. The van der Waals surface area contributed by atoms with E-state index in [0.29, 0.717) is 67.7 Å². The van der Waals surface area contributed by atoms with Gasteiger partial charge in [-0.1, -0.05) is 71.0 Å². The molecule has 2 fully saturated rings. The third-order valence-electron chi connectivity index (χ3n) is 12.5. The van der Waals surface area contributed by atoms with Gasteiger partial charge in [-0.05, 0) is 131 Å². The smallest absolute Gasteiger partial charge is 0.251 e. The number of hydrogen-bond acceptors (Lipinski definition) is 10. The Bertz CT molecular complexity index is 2530. The van der Waals surface area contributed by atoms with E-state index in [0.717, 1.165) is 16.7 Å². The molecule has 0 spiro atoms. The van der Waals surface area contributed by atoms with E-state index in [2.05, 4.69) is 67.6 Å². The number of aromatic nitrogens is 2. The molecule has 4 heterocycles. The van der Waals surface area contributed by atoms with Crippen molar-refractivity contribution < 1.29 is 19.2 Å². The van der Waals surface area contributed by atoms with Crippen molar-refractivity contribution in [2.24, 2.45) is 0 Å². The second-order valence-corrected chi connectivity index (χ2v) is 21.9. The van der Waals surface area contributed by atoms with Crippen LogP contribution < -0.4 is 20.4 Å². The molecule has 2 aliphatic heterocycles. The van der Waals surface area contributed by atoms with Crippen molar-refractivity contribution in [3.05, 3.63) is 119 Å². The van der Waals surface area contributed by atoms with Crippen molar-refractivity contribution in [3.63, 3.8) is 0 Å². The lowest BCUT2D eigenvalue weighted by atomic mass is 9.79. The van der Waals surface area contributed by atoms with E-state index in [1.54, 1.807) is 41.8 Å². The Hall–Kier alpha value is -6.80. The summed E-state index contributed by atoms with van der Waals surface area (Å²) in [7, 11) is 0. The third-order valence-corrected chi connectivity index (χ3v) is 12.5. The molecule has 0 aliphatic carbocycles. The van der Waals surface area contributed by atoms with Gasteiger partial charge in [0.15, 0.2) is 12.4 Å². The van der Waals surface area contributed by atoms with E-state index in [-0.39, 0.29) is 29.0 Å². The highest BCUT2D eigenvalue weighted by Gasteiger charge is 2.43. The number of pyridine rings is 2. The molecule has 2 aromatic carbocycles. The number of carbonyl (C=O) groups is 4. The molecular weight excluding hydrogens is 853 g/mol. The van der Waals surface area contributed by atoms with Crippen LogP contribution in [-0.4, -0.2) is 79.6 Å². The van der Waals surface area contributed by atoms with Gasteiger partial charge in [0.25, 0.3) is 11.8 Å². The van der Waals surface area contributed by atoms with Crippen LogP contribution in [0.25, 0.3) is 0 Å². The van der Waals surface area contributed by atoms with Gasteiger partial charge in [0, 0.05) is 71.5 Å². The number of amides is 4. The van der Waals surface area contributed by atoms with E-state index in [9.17, 15) is 29.7 Å². The summed E-state index contributed by atoms with van der Waals surface area (Å²) in [5.41, 5.74) is 3.00. The lowest BCUT2D eigenvalue weighted by Gasteiger charge is -2.36. The normalized spacial score (nSPS) is 17.4. The van der Waals surface area contributed by atoms with Gasteiger partial charge in [-0.15, -0.1) is 0 Å². The van der Waals surface area contributed by atoms with Crippen LogP contribution in [0.1, 0.15) is 142 Å². The highest BCUT2D eigenvalue weighted by molar-refractivity contribution is 6.05. The minimum Gasteiger partial charge on any atom is -0.349 e. The van der Waals surface area contributed by atoms with Crippen LogP contribution in [0.2, 0.25) is 0 Å². The molecular formula is C54H68N10O4. The number of nitrogens with zero attached hydrogens (tertiary/aromatic N) is 8. The Morgan fingerprint density at radius 3 is 1.53 bits per heavy atom. The summed E-state index contributed by atoms with van der Waals surface area (Å²) in [5.74, 6) is -1.45. The maximum Gasteiger partial charge on any atom is 0.251 e.